The molecule has 1 atom stereocenters. The first-order chi connectivity index (χ1) is 9.56. The minimum absolute atomic E-state index is 0.109. The van der Waals surface area contributed by atoms with Crippen molar-refractivity contribution in [2.24, 2.45) is 0 Å². The fourth-order valence-electron chi connectivity index (χ4n) is 2.76. The van der Waals surface area contributed by atoms with Gasteiger partial charge in [-0.1, -0.05) is 31.4 Å². The van der Waals surface area contributed by atoms with Gasteiger partial charge in [0.05, 0.1) is 0 Å². The van der Waals surface area contributed by atoms with Crippen LogP contribution in [-0.2, 0) is 4.79 Å². The van der Waals surface area contributed by atoms with E-state index < -0.39 is 0 Å². The summed E-state index contributed by atoms with van der Waals surface area (Å²) in [6.45, 7) is 6.06. The highest BCUT2D eigenvalue weighted by molar-refractivity contribution is 5.84. The Morgan fingerprint density at radius 2 is 1.90 bits per heavy atom. The second-order valence-electron chi connectivity index (χ2n) is 6.03. The summed E-state index contributed by atoms with van der Waals surface area (Å²) in [4.78, 5) is 12.2. The summed E-state index contributed by atoms with van der Waals surface area (Å²) in [5, 5.41) is 6.50. The molecule has 1 saturated carbocycles. The summed E-state index contributed by atoms with van der Waals surface area (Å²) in [6.07, 6.45) is 6.04. The topological polar surface area (TPSA) is 41.1 Å². The monoisotopic (exact) mass is 274 g/mol. The van der Waals surface area contributed by atoms with Gasteiger partial charge >= 0.3 is 0 Å². The van der Waals surface area contributed by atoms with E-state index in [-0.39, 0.29) is 11.9 Å². The summed E-state index contributed by atoms with van der Waals surface area (Å²) in [5.74, 6) is 0.109. The molecule has 2 rings (SSSR count). The number of hydrogen-bond donors (Lipinski definition) is 2. The first-order valence-electron chi connectivity index (χ1n) is 7.70. The average Bonchev–Trinajstić information content (AvgIpc) is 2.44. The Kier molecular flexibility index (Phi) is 5.05. The number of carbonyl (C=O) groups is 1. The van der Waals surface area contributed by atoms with Gasteiger partial charge in [0.2, 0.25) is 5.91 Å². The van der Waals surface area contributed by atoms with Crippen molar-refractivity contribution in [3.63, 3.8) is 0 Å². The second-order valence-corrected chi connectivity index (χ2v) is 6.03. The molecule has 0 saturated heterocycles. The van der Waals surface area contributed by atoms with Crippen LogP contribution in [0.15, 0.2) is 18.2 Å². The number of hydrogen-bond acceptors (Lipinski definition) is 2. The third-order valence-electron chi connectivity index (χ3n) is 4.11. The number of rotatable bonds is 4. The third-order valence-corrected chi connectivity index (χ3v) is 4.11. The maximum atomic E-state index is 12.2. The molecule has 1 aromatic rings. The predicted molar refractivity (Wildman–Crippen MR) is 84.0 cm³/mol. The molecule has 1 fully saturated rings. The van der Waals surface area contributed by atoms with Gasteiger partial charge in [-0.2, -0.15) is 0 Å². The molecule has 1 aromatic carbocycles. The molecule has 0 radical (unpaired) electrons. The van der Waals surface area contributed by atoms with Gasteiger partial charge in [-0.3, -0.25) is 4.79 Å². The van der Waals surface area contributed by atoms with Gasteiger partial charge in [0.25, 0.3) is 0 Å². The molecule has 3 heteroatoms. The maximum absolute atomic E-state index is 12.2. The van der Waals surface area contributed by atoms with Gasteiger partial charge in [0.1, 0.15) is 6.04 Å². The molecule has 1 aliphatic carbocycles. The van der Waals surface area contributed by atoms with Crippen molar-refractivity contribution in [2.75, 3.05) is 5.32 Å². The molecular weight excluding hydrogens is 248 g/mol. The van der Waals surface area contributed by atoms with Gasteiger partial charge < -0.3 is 10.6 Å². The largest absolute Gasteiger partial charge is 0.374 e. The van der Waals surface area contributed by atoms with Crippen molar-refractivity contribution in [3.8, 4) is 0 Å². The van der Waals surface area contributed by atoms with Gasteiger partial charge in [0, 0.05) is 11.7 Å². The first kappa shape index (κ1) is 14.9. The van der Waals surface area contributed by atoms with E-state index in [1.165, 1.54) is 30.4 Å². The summed E-state index contributed by atoms with van der Waals surface area (Å²) in [5.41, 5.74) is 3.43. The van der Waals surface area contributed by atoms with Crippen LogP contribution in [0.1, 0.15) is 50.2 Å². The van der Waals surface area contributed by atoms with E-state index in [1.54, 1.807) is 0 Å². The van der Waals surface area contributed by atoms with Crippen molar-refractivity contribution in [3.05, 3.63) is 29.3 Å². The van der Waals surface area contributed by atoms with E-state index >= 15 is 0 Å². The number of anilines is 1. The molecule has 110 valence electrons. The molecule has 0 aromatic heterocycles. The van der Waals surface area contributed by atoms with Crippen LogP contribution >= 0.6 is 0 Å². The molecule has 1 amide bonds. The Bertz CT molecular complexity index is 464. The molecule has 1 unspecified atom stereocenters. The fraction of sp³-hybridized carbons (Fsp3) is 0.588. The van der Waals surface area contributed by atoms with Crippen molar-refractivity contribution in [1.29, 1.82) is 0 Å². The normalized spacial score (nSPS) is 17.6. The highest BCUT2D eigenvalue weighted by Crippen LogP contribution is 2.19. The van der Waals surface area contributed by atoms with E-state index in [9.17, 15) is 4.79 Å². The molecule has 0 aliphatic heterocycles. The van der Waals surface area contributed by atoms with E-state index in [0.717, 1.165) is 18.5 Å². The lowest BCUT2D eigenvalue weighted by molar-refractivity contribution is -0.122. The van der Waals surface area contributed by atoms with Crippen molar-refractivity contribution >= 4 is 11.6 Å². The smallest absolute Gasteiger partial charge is 0.242 e. The number of aryl methyl sites for hydroxylation is 2. The van der Waals surface area contributed by atoms with Crippen LogP contribution in [0.2, 0.25) is 0 Å². The second kappa shape index (κ2) is 6.78. The standard InChI is InChI=1S/C17H26N2O/c1-12-9-10-13(2)16(11-12)18-14(3)17(20)19-15-7-5-4-6-8-15/h9-11,14-15,18H,4-8H2,1-3H3,(H,19,20). The Balaban J connectivity index is 1.91. The van der Waals surface area contributed by atoms with E-state index in [4.69, 9.17) is 0 Å². The quantitative estimate of drug-likeness (QED) is 0.881. The summed E-state index contributed by atoms with van der Waals surface area (Å²) >= 11 is 0. The van der Waals surface area contributed by atoms with Gasteiger partial charge in [-0.05, 0) is 50.8 Å². The van der Waals surface area contributed by atoms with Crippen LogP contribution in [0, 0.1) is 13.8 Å². The van der Waals surface area contributed by atoms with Crippen LogP contribution in [-0.4, -0.2) is 18.0 Å². The SMILES string of the molecule is Cc1ccc(C)c(NC(C)C(=O)NC2CCCCC2)c1. The highest BCUT2D eigenvalue weighted by Gasteiger charge is 2.19. The summed E-state index contributed by atoms with van der Waals surface area (Å²) in [6, 6.07) is 6.45. The fourth-order valence-corrected chi connectivity index (χ4v) is 2.76. The van der Waals surface area contributed by atoms with Crippen LogP contribution in [0.25, 0.3) is 0 Å². The average molecular weight is 274 g/mol. The predicted octanol–water partition coefficient (Wildman–Crippen LogP) is 3.55. The van der Waals surface area contributed by atoms with Crippen LogP contribution in [0.3, 0.4) is 0 Å². The Morgan fingerprint density at radius 3 is 2.60 bits per heavy atom. The molecule has 0 bridgehead atoms. The third kappa shape index (κ3) is 3.99. The van der Waals surface area contributed by atoms with Crippen LogP contribution in [0.5, 0.6) is 0 Å². The molecule has 0 spiro atoms. The number of carbonyl (C=O) groups excluding carboxylic acids is 1. The van der Waals surface area contributed by atoms with E-state index in [0.29, 0.717) is 6.04 Å². The van der Waals surface area contributed by atoms with Crippen molar-refractivity contribution in [2.45, 2.75) is 65.0 Å². The molecule has 2 N–H and O–H groups in total. The zero-order chi connectivity index (χ0) is 14.5. The minimum atomic E-state index is -0.197. The van der Waals surface area contributed by atoms with Gasteiger partial charge in [-0.15, -0.1) is 0 Å². The molecule has 3 nitrogen and oxygen atoms in total. The zero-order valence-electron chi connectivity index (χ0n) is 12.8. The van der Waals surface area contributed by atoms with E-state index in [1.807, 2.05) is 6.92 Å². The Hall–Kier alpha value is -1.51. The summed E-state index contributed by atoms with van der Waals surface area (Å²) in [7, 11) is 0. The van der Waals surface area contributed by atoms with Crippen LogP contribution < -0.4 is 10.6 Å². The minimum Gasteiger partial charge on any atom is -0.374 e. The molecule has 1 aliphatic rings. The number of amides is 1. The lowest BCUT2D eigenvalue weighted by Crippen LogP contribution is -2.44. The lowest BCUT2D eigenvalue weighted by atomic mass is 9.95. The first-order valence-corrected chi connectivity index (χ1v) is 7.70. The lowest BCUT2D eigenvalue weighted by Gasteiger charge is -2.25. The van der Waals surface area contributed by atoms with Gasteiger partial charge in [-0.25, -0.2) is 0 Å². The molecule has 0 heterocycles. The highest BCUT2D eigenvalue weighted by atomic mass is 16.2. The Morgan fingerprint density at radius 1 is 1.20 bits per heavy atom. The van der Waals surface area contributed by atoms with E-state index in [2.05, 4.69) is 42.7 Å². The number of nitrogens with one attached hydrogen (secondary N) is 2. The van der Waals surface area contributed by atoms with Crippen molar-refractivity contribution < 1.29 is 4.79 Å². The summed E-state index contributed by atoms with van der Waals surface area (Å²) < 4.78 is 0. The Labute approximate surface area is 122 Å². The van der Waals surface area contributed by atoms with Gasteiger partial charge in [0.15, 0.2) is 0 Å². The maximum Gasteiger partial charge on any atom is 0.242 e. The zero-order valence-corrected chi connectivity index (χ0v) is 12.8. The van der Waals surface area contributed by atoms with Crippen molar-refractivity contribution in [1.82, 2.24) is 5.32 Å². The number of benzene rings is 1. The molecule has 20 heavy (non-hydrogen) atoms. The van der Waals surface area contributed by atoms with Crippen LogP contribution in [0.4, 0.5) is 5.69 Å². The molecular formula is C17H26N2O.